The first-order valence-electron chi connectivity index (χ1n) is 4.92. The zero-order valence-corrected chi connectivity index (χ0v) is 8.40. The van der Waals surface area contributed by atoms with E-state index in [0.717, 1.165) is 18.9 Å². The van der Waals surface area contributed by atoms with Crippen LogP contribution in [0.15, 0.2) is 12.2 Å². The molecule has 1 heteroatoms. The van der Waals surface area contributed by atoms with E-state index >= 15 is 0 Å². The molecule has 0 amide bonds. The summed E-state index contributed by atoms with van der Waals surface area (Å²) in [5.41, 5.74) is 7.53. The first kappa shape index (κ1) is 9.79. The Kier molecular flexibility index (Phi) is 2.94. The van der Waals surface area contributed by atoms with Crippen molar-refractivity contribution in [2.75, 3.05) is 6.54 Å². The highest BCUT2D eigenvalue weighted by molar-refractivity contribution is 5.00. The number of hydrogen-bond donors (Lipinski definition) is 1. The lowest BCUT2D eigenvalue weighted by molar-refractivity contribution is 0.295. The van der Waals surface area contributed by atoms with E-state index in [9.17, 15) is 0 Å². The molecule has 1 nitrogen and oxygen atoms in total. The molecule has 1 aliphatic rings. The van der Waals surface area contributed by atoms with Gasteiger partial charge in [0.15, 0.2) is 0 Å². The number of nitrogens with two attached hydrogens (primary N) is 1. The molecule has 0 aromatic carbocycles. The van der Waals surface area contributed by atoms with E-state index in [1.807, 2.05) is 0 Å². The molecule has 2 N–H and O–H groups in total. The molecule has 70 valence electrons. The van der Waals surface area contributed by atoms with Crippen LogP contribution in [0.1, 0.15) is 39.5 Å². The van der Waals surface area contributed by atoms with Crippen LogP contribution < -0.4 is 5.73 Å². The van der Waals surface area contributed by atoms with Gasteiger partial charge in [0.05, 0.1) is 0 Å². The number of hydrogen-bond acceptors (Lipinski definition) is 1. The Morgan fingerprint density at radius 3 is 2.67 bits per heavy atom. The highest BCUT2D eigenvalue weighted by atomic mass is 14.6. The lowest BCUT2D eigenvalue weighted by Crippen LogP contribution is -2.27. The van der Waals surface area contributed by atoms with Crippen molar-refractivity contribution in [1.82, 2.24) is 0 Å². The predicted molar refractivity (Wildman–Crippen MR) is 53.9 cm³/mol. The van der Waals surface area contributed by atoms with Crippen LogP contribution in [0.25, 0.3) is 0 Å². The van der Waals surface area contributed by atoms with Gasteiger partial charge >= 0.3 is 0 Å². The molecule has 0 bridgehead atoms. The minimum Gasteiger partial charge on any atom is -0.330 e. The van der Waals surface area contributed by atoms with Crippen molar-refractivity contribution in [2.45, 2.75) is 39.5 Å². The van der Waals surface area contributed by atoms with Crippen molar-refractivity contribution in [1.29, 1.82) is 0 Å². The summed E-state index contributed by atoms with van der Waals surface area (Å²) in [6.45, 7) is 9.26. The van der Waals surface area contributed by atoms with Gasteiger partial charge in [-0.05, 0) is 44.1 Å². The molecule has 0 aromatic heterocycles. The van der Waals surface area contributed by atoms with Gasteiger partial charge in [-0.25, -0.2) is 0 Å². The smallest absolute Gasteiger partial charge is 0.00174 e. The molecule has 1 saturated carbocycles. The van der Waals surface area contributed by atoms with Crippen LogP contribution in [0.3, 0.4) is 0 Å². The maximum absolute atomic E-state index is 5.84. The molecule has 0 aliphatic heterocycles. The fourth-order valence-electron chi connectivity index (χ4n) is 2.55. The molecule has 1 aliphatic carbocycles. The lowest BCUT2D eigenvalue weighted by atomic mass is 9.80. The van der Waals surface area contributed by atoms with Gasteiger partial charge in [-0.3, -0.25) is 0 Å². The summed E-state index contributed by atoms with van der Waals surface area (Å²) in [4.78, 5) is 0. The maximum atomic E-state index is 5.84. The largest absolute Gasteiger partial charge is 0.330 e. The number of allylic oxidation sites excluding steroid dienone is 1. The first-order valence-corrected chi connectivity index (χ1v) is 4.92. The summed E-state index contributed by atoms with van der Waals surface area (Å²) in [5.74, 6) is 0.868. The second kappa shape index (κ2) is 3.61. The van der Waals surface area contributed by atoms with Crippen molar-refractivity contribution in [2.24, 2.45) is 17.1 Å². The third kappa shape index (κ3) is 2.10. The molecule has 0 radical (unpaired) electrons. The molecule has 1 fully saturated rings. The highest BCUT2D eigenvalue weighted by Gasteiger charge is 2.35. The van der Waals surface area contributed by atoms with Gasteiger partial charge in [0.2, 0.25) is 0 Å². The Morgan fingerprint density at radius 2 is 2.33 bits per heavy atom. The lowest BCUT2D eigenvalue weighted by Gasteiger charge is -2.27. The Bertz CT molecular complexity index is 174. The van der Waals surface area contributed by atoms with Crippen LogP contribution in [0.2, 0.25) is 0 Å². The molecule has 1 rings (SSSR count). The molecule has 2 unspecified atom stereocenters. The molecule has 2 atom stereocenters. The van der Waals surface area contributed by atoms with E-state index in [4.69, 9.17) is 5.73 Å². The van der Waals surface area contributed by atoms with Gasteiger partial charge in [0, 0.05) is 0 Å². The van der Waals surface area contributed by atoms with E-state index < -0.39 is 0 Å². The second-order valence-electron chi connectivity index (χ2n) is 4.69. The zero-order chi connectivity index (χ0) is 9.19. The standard InChI is InChI=1S/C11H21N/c1-9(2)6-11(8-12)5-4-10(3)7-11/h10H,1,4-8,12H2,2-3H3. The third-order valence-electron chi connectivity index (χ3n) is 3.06. The van der Waals surface area contributed by atoms with Crippen molar-refractivity contribution in [3.8, 4) is 0 Å². The Balaban J connectivity index is 2.58. The fraction of sp³-hybridized carbons (Fsp3) is 0.818. The van der Waals surface area contributed by atoms with Crippen molar-refractivity contribution in [3.05, 3.63) is 12.2 Å². The second-order valence-corrected chi connectivity index (χ2v) is 4.69. The Morgan fingerprint density at radius 1 is 1.67 bits per heavy atom. The molecule has 0 heterocycles. The van der Waals surface area contributed by atoms with Gasteiger partial charge in [0.1, 0.15) is 0 Å². The molecule has 0 spiro atoms. The van der Waals surface area contributed by atoms with Crippen LogP contribution in [0.4, 0.5) is 0 Å². The van der Waals surface area contributed by atoms with Gasteiger partial charge in [-0.15, -0.1) is 6.58 Å². The van der Waals surface area contributed by atoms with E-state index in [1.165, 1.54) is 24.8 Å². The quantitative estimate of drug-likeness (QED) is 0.643. The predicted octanol–water partition coefficient (Wildman–Crippen LogP) is 2.72. The molecular weight excluding hydrogens is 146 g/mol. The Hall–Kier alpha value is -0.300. The maximum Gasteiger partial charge on any atom is -0.00174 e. The van der Waals surface area contributed by atoms with E-state index in [1.54, 1.807) is 0 Å². The third-order valence-corrected chi connectivity index (χ3v) is 3.06. The fourth-order valence-corrected chi connectivity index (χ4v) is 2.55. The molecule has 12 heavy (non-hydrogen) atoms. The summed E-state index contributed by atoms with van der Waals surface area (Å²) >= 11 is 0. The molecule has 0 aromatic rings. The normalized spacial score (nSPS) is 35.4. The monoisotopic (exact) mass is 167 g/mol. The topological polar surface area (TPSA) is 26.0 Å². The summed E-state index contributed by atoms with van der Waals surface area (Å²) in [5, 5.41) is 0. The van der Waals surface area contributed by atoms with Crippen molar-refractivity contribution < 1.29 is 0 Å². The van der Waals surface area contributed by atoms with Crippen LogP contribution in [-0.4, -0.2) is 6.54 Å². The highest BCUT2D eigenvalue weighted by Crippen LogP contribution is 2.44. The van der Waals surface area contributed by atoms with Crippen LogP contribution in [-0.2, 0) is 0 Å². The first-order chi connectivity index (χ1) is 5.58. The summed E-state index contributed by atoms with van der Waals surface area (Å²) in [7, 11) is 0. The Labute approximate surface area is 76.0 Å². The molecule has 0 saturated heterocycles. The minimum atomic E-state index is 0.408. The van der Waals surface area contributed by atoms with Crippen molar-refractivity contribution in [3.63, 3.8) is 0 Å². The average Bonchev–Trinajstić information content (AvgIpc) is 2.32. The van der Waals surface area contributed by atoms with E-state index in [2.05, 4.69) is 20.4 Å². The van der Waals surface area contributed by atoms with E-state index in [-0.39, 0.29) is 0 Å². The van der Waals surface area contributed by atoms with Crippen molar-refractivity contribution >= 4 is 0 Å². The van der Waals surface area contributed by atoms with Gasteiger partial charge < -0.3 is 5.73 Å². The van der Waals surface area contributed by atoms with Gasteiger partial charge in [-0.1, -0.05) is 18.9 Å². The van der Waals surface area contributed by atoms with E-state index in [0.29, 0.717) is 5.41 Å². The SMILES string of the molecule is C=C(C)CC1(CN)CCC(C)C1. The summed E-state index contributed by atoms with van der Waals surface area (Å²) in [6, 6.07) is 0. The van der Waals surface area contributed by atoms with Gasteiger partial charge in [0.25, 0.3) is 0 Å². The van der Waals surface area contributed by atoms with Gasteiger partial charge in [-0.2, -0.15) is 0 Å². The van der Waals surface area contributed by atoms with Crippen LogP contribution in [0.5, 0.6) is 0 Å². The minimum absolute atomic E-state index is 0.408. The van der Waals surface area contributed by atoms with Crippen LogP contribution in [0, 0.1) is 11.3 Å². The average molecular weight is 167 g/mol. The number of rotatable bonds is 3. The van der Waals surface area contributed by atoms with Crippen LogP contribution >= 0.6 is 0 Å². The molecular formula is C11H21N. The zero-order valence-electron chi connectivity index (χ0n) is 8.40. The summed E-state index contributed by atoms with van der Waals surface area (Å²) < 4.78 is 0. The summed E-state index contributed by atoms with van der Waals surface area (Å²) in [6.07, 6.45) is 5.09.